The maximum Gasteiger partial charge on any atom is 0.379 e. The number of nitrogens with one attached hydrogen (secondary N) is 1. The standard InChI is InChI=1S/C14H16N2O3/c1-4-19-14(18)12(17)9-5-6-10-11(7-9)16-13(15-10)8(2)3/h5-8H,4H2,1-3H3,(H,15,16). The summed E-state index contributed by atoms with van der Waals surface area (Å²) >= 11 is 0. The molecule has 100 valence electrons. The van der Waals surface area contributed by atoms with Gasteiger partial charge in [-0.3, -0.25) is 4.79 Å². The fraction of sp³-hybridized carbons (Fsp3) is 0.357. The van der Waals surface area contributed by atoms with Gasteiger partial charge in [-0.05, 0) is 25.1 Å². The molecule has 0 unspecified atom stereocenters. The number of rotatable bonds is 4. The van der Waals surface area contributed by atoms with Crippen LogP contribution >= 0.6 is 0 Å². The third kappa shape index (κ3) is 2.65. The molecule has 0 aliphatic heterocycles. The summed E-state index contributed by atoms with van der Waals surface area (Å²) in [6.07, 6.45) is 0. The van der Waals surface area contributed by atoms with E-state index in [2.05, 4.69) is 9.97 Å². The lowest BCUT2D eigenvalue weighted by molar-refractivity contribution is -0.137. The fourth-order valence-corrected chi connectivity index (χ4v) is 1.76. The van der Waals surface area contributed by atoms with E-state index in [9.17, 15) is 9.59 Å². The molecule has 0 amide bonds. The van der Waals surface area contributed by atoms with Gasteiger partial charge in [0.2, 0.25) is 0 Å². The Kier molecular flexibility index (Phi) is 3.64. The molecule has 2 aromatic rings. The van der Waals surface area contributed by atoms with Gasteiger partial charge in [0.25, 0.3) is 5.78 Å². The summed E-state index contributed by atoms with van der Waals surface area (Å²) in [5, 5.41) is 0. The number of nitrogens with zero attached hydrogens (tertiary/aromatic N) is 1. The van der Waals surface area contributed by atoms with E-state index >= 15 is 0 Å². The number of Topliss-reactive ketones (excluding diaryl/α,β-unsaturated/α-hetero) is 1. The Balaban J connectivity index is 2.36. The first-order chi connectivity index (χ1) is 9.02. The van der Waals surface area contributed by atoms with Crippen LogP contribution in [0.4, 0.5) is 0 Å². The zero-order chi connectivity index (χ0) is 14.0. The number of benzene rings is 1. The van der Waals surface area contributed by atoms with Crippen molar-refractivity contribution in [2.24, 2.45) is 0 Å². The summed E-state index contributed by atoms with van der Waals surface area (Å²) in [5.74, 6) is -0.331. The Morgan fingerprint density at radius 1 is 1.37 bits per heavy atom. The van der Waals surface area contributed by atoms with E-state index in [1.165, 1.54) is 0 Å². The average molecular weight is 260 g/mol. The van der Waals surface area contributed by atoms with Crippen LogP contribution in [0.5, 0.6) is 0 Å². The minimum absolute atomic E-state index is 0.189. The number of ether oxygens (including phenoxy) is 1. The van der Waals surface area contributed by atoms with Crippen LogP contribution in [0.25, 0.3) is 11.0 Å². The van der Waals surface area contributed by atoms with Crippen molar-refractivity contribution in [1.29, 1.82) is 0 Å². The van der Waals surface area contributed by atoms with Gasteiger partial charge in [0, 0.05) is 11.5 Å². The first-order valence-corrected chi connectivity index (χ1v) is 6.24. The van der Waals surface area contributed by atoms with Crippen molar-refractivity contribution in [3.8, 4) is 0 Å². The third-order valence-corrected chi connectivity index (χ3v) is 2.77. The molecule has 1 heterocycles. The summed E-state index contributed by atoms with van der Waals surface area (Å²) in [4.78, 5) is 30.8. The quantitative estimate of drug-likeness (QED) is 0.520. The lowest BCUT2D eigenvalue weighted by Crippen LogP contribution is -2.17. The van der Waals surface area contributed by atoms with Gasteiger partial charge < -0.3 is 9.72 Å². The van der Waals surface area contributed by atoms with Crippen LogP contribution in [0, 0.1) is 0 Å². The van der Waals surface area contributed by atoms with Gasteiger partial charge in [0.1, 0.15) is 5.82 Å². The Bertz CT molecular complexity index is 629. The maximum absolute atomic E-state index is 11.8. The van der Waals surface area contributed by atoms with E-state index in [1.807, 2.05) is 13.8 Å². The Morgan fingerprint density at radius 2 is 2.11 bits per heavy atom. The van der Waals surface area contributed by atoms with Crippen LogP contribution in [0.1, 0.15) is 42.9 Å². The molecule has 5 heteroatoms. The zero-order valence-electron chi connectivity index (χ0n) is 11.2. The van der Waals surface area contributed by atoms with Crippen molar-refractivity contribution in [3.63, 3.8) is 0 Å². The molecule has 0 aliphatic rings. The first-order valence-electron chi connectivity index (χ1n) is 6.24. The number of aromatic nitrogens is 2. The molecule has 0 bridgehead atoms. The molecule has 1 N–H and O–H groups in total. The molecule has 0 spiro atoms. The normalized spacial score (nSPS) is 10.9. The minimum Gasteiger partial charge on any atom is -0.460 e. The molecule has 19 heavy (non-hydrogen) atoms. The van der Waals surface area contributed by atoms with Crippen LogP contribution < -0.4 is 0 Å². The number of carbonyl (C=O) groups is 2. The van der Waals surface area contributed by atoms with Crippen molar-refractivity contribution in [1.82, 2.24) is 9.97 Å². The molecule has 0 atom stereocenters. The van der Waals surface area contributed by atoms with Gasteiger partial charge in [-0.1, -0.05) is 13.8 Å². The highest BCUT2D eigenvalue weighted by Crippen LogP contribution is 2.18. The van der Waals surface area contributed by atoms with Crippen molar-refractivity contribution < 1.29 is 14.3 Å². The summed E-state index contributed by atoms with van der Waals surface area (Å²) < 4.78 is 4.70. The van der Waals surface area contributed by atoms with Crippen LogP contribution in [0.2, 0.25) is 0 Å². The Hall–Kier alpha value is -2.17. The molecular weight excluding hydrogens is 244 g/mol. The average Bonchev–Trinajstić information content (AvgIpc) is 2.81. The van der Waals surface area contributed by atoms with Crippen molar-refractivity contribution >= 4 is 22.8 Å². The first kappa shape index (κ1) is 13.3. The van der Waals surface area contributed by atoms with Crippen molar-refractivity contribution in [2.75, 3.05) is 6.61 Å². The third-order valence-electron chi connectivity index (χ3n) is 2.77. The van der Waals surface area contributed by atoms with Crippen LogP contribution in [-0.2, 0) is 9.53 Å². The monoisotopic (exact) mass is 260 g/mol. The topological polar surface area (TPSA) is 72.1 Å². The summed E-state index contributed by atoms with van der Waals surface area (Å²) in [6, 6.07) is 4.95. The van der Waals surface area contributed by atoms with E-state index in [0.29, 0.717) is 5.56 Å². The minimum atomic E-state index is -0.828. The number of ketones is 1. The van der Waals surface area contributed by atoms with Crippen LogP contribution in [0.15, 0.2) is 18.2 Å². The Morgan fingerprint density at radius 3 is 2.74 bits per heavy atom. The number of imidazole rings is 1. The van der Waals surface area contributed by atoms with Gasteiger partial charge in [-0.15, -0.1) is 0 Å². The molecule has 1 aromatic heterocycles. The van der Waals surface area contributed by atoms with E-state index in [4.69, 9.17) is 4.74 Å². The SMILES string of the molecule is CCOC(=O)C(=O)c1ccc2nc(C(C)C)[nH]c2c1. The van der Waals surface area contributed by atoms with E-state index in [0.717, 1.165) is 16.9 Å². The van der Waals surface area contributed by atoms with E-state index < -0.39 is 11.8 Å². The predicted molar refractivity (Wildman–Crippen MR) is 71.1 cm³/mol. The van der Waals surface area contributed by atoms with Gasteiger partial charge in [-0.2, -0.15) is 0 Å². The highest BCUT2D eigenvalue weighted by Gasteiger charge is 2.18. The molecule has 2 rings (SSSR count). The van der Waals surface area contributed by atoms with Gasteiger partial charge in [0.15, 0.2) is 0 Å². The number of hydrogen-bond acceptors (Lipinski definition) is 4. The van der Waals surface area contributed by atoms with Gasteiger partial charge in [-0.25, -0.2) is 9.78 Å². The number of hydrogen-bond donors (Lipinski definition) is 1. The molecule has 0 radical (unpaired) electrons. The molecule has 0 saturated carbocycles. The Labute approximate surface area is 111 Å². The summed E-state index contributed by atoms with van der Waals surface area (Å²) in [7, 11) is 0. The van der Waals surface area contributed by atoms with Gasteiger partial charge in [0.05, 0.1) is 17.6 Å². The maximum atomic E-state index is 11.8. The highest BCUT2D eigenvalue weighted by atomic mass is 16.5. The second-order valence-corrected chi connectivity index (χ2v) is 4.56. The second-order valence-electron chi connectivity index (χ2n) is 4.56. The zero-order valence-corrected chi connectivity index (χ0v) is 11.2. The number of H-pyrrole nitrogens is 1. The number of carbonyl (C=O) groups excluding carboxylic acids is 2. The molecule has 0 saturated heterocycles. The van der Waals surface area contributed by atoms with Gasteiger partial charge >= 0.3 is 5.97 Å². The lowest BCUT2D eigenvalue weighted by Gasteiger charge is -2.00. The van der Waals surface area contributed by atoms with Crippen molar-refractivity contribution in [3.05, 3.63) is 29.6 Å². The predicted octanol–water partition coefficient (Wildman–Crippen LogP) is 2.43. The number of aromatic amines is 1. The fourth-order valence-electron chi connectivity index (χ4n) is 1.76. The van der Waals surface area contributed by atoms with E-state index in [1.54, 1.807) is 25.1 Å². The number of fused-ring (bicyclic) bond motifs is 1. The number of esters is 1. The largest absolute Gasteiger partial charge is 0.460 e. The van der Waals surface area contributed by atoms with Crippen LogP contribution in [0.3, 0.4) is 0 Å². The van der Waals surface area contributed by atoms with Crippen molar-refractivity contribution in [2.45, 2.75) is 26.7 Å². The van der Waals surface area contributed by atoms with E-state index in [-0.39, 0.29) is 12.5 Å². The smallest absolute Gasteiger partial charge is 0.379 e. The molecule has 0 aliphatic carbocycles. The molecule has 0 fully saturated rings. The lowest BCUT2D eigenvalue weighted by atomic mass is 10.1. The summed E-state index contributed by atoms with van der Waals surface area (Å²) in [5.41, 5.74) is 1.84. The summed E-state index contributed by atoms with van der Waals surface area (Å²) in [6.45, 7) is 5.91. The molecule has 5 nitrogen and oxygen atoms in total. The van der Waals surface area contributed by atoms with Crippen LogP contribution in [-0.4, -0.2) is 28.3 Å². The molecular formula is C14H16N2O3. The molecule has 1 aromatic carbocycles. The second kappa shape index (κ2) is 5.22. The highest BCUT2D eigenvalue weighted by molar-refractivity contribution is 6.40.